The Labute approximate surface area is 151 Å². The fourth-order valence-electron chi connectivity index (χ4n) is 2.43. The highest BCUT2D eigenvalue weighted by molar-refractivity contribution is 7.11. The number of nitrogens with zero attached hydrogens (tertiary/aromatic N) is 2. The molecule has 1 aromatic heterocycles. The van der Waals surface area contributed by atoms with Crippen LogP contribution in [-0.2, 0) is 17.8 Å². The van der Waals surface area contributed by atoms with Gasteiger partial charge in [-0.05, 0) is 31.2 Å². The normalized spacial score (nSPS) is 10.5. The molecule has 4 nitrogen and oxygen atoms in total. The molecule has 0 N–H and O–H groups in total. The van der Waals surface area contributed by atoms with Gasteiger partial charge in [0.2, 0.25) is 5.91 Å². The number of amides is 1. The summed E-state index contributed by atoms with van der Waals surface area (Å²) >= 11 is 1.54. The van der Waals surface area contributed by atoms with Crippen LogP contribution >= 0.6 is 11.3 Å². The number of hydrogen-bond acceptors (Lipinski definition) is 4. The van der Waals surface area contributed by atoms with E-state index >= 15 is 0 Å². The lowest BCUT2D eigenvalue weighted by Crippen LogP contribution is -2.27. The first-order valence-corrected chi connectivity index (χ1v) is 8.90. The fourth-order valence-corrected chi connectivity index (χ4v) is 3.40. The number of aromatic nitrogens is 1. The summed E-state index contributed by atoms with van der Waals surface area (Å²) < 4.78 is 5.73. The fraction of sp³-hybridized carbons (Fsp3) is 0.200. The first-order chi connectivity index (χ1) is 12.1. The van der Waals surface area contributed by atoms with Gasteiger partial charge in [-0.2, -0.15) is 0 Å². The van der Waals surface area contributed by atoms with E-state index in [-0.39, 0.29) is 5.91 Å². The summed E-state index contributed by atoms with van der Waals surface area (Å²) in [7, 11) is 1.80. The van der Waals surface area contributed by atoms with Crippen molar-refractivity contribution in [1.29, 1.82) is 0 Å². The molecule has 3 aromatic rings. The Balaban J connectivity index is 1.63. The number of rotatable bonds is 6. The largest absolute Gasteiger partial charge is 0.486 e. The zero-order valence-corrected chi connectivity index (χ0v) is 15.1. The van der Waals surface area contributed by atoms with E-state index in [4.69, 9.17) is 4.74 Å². The van der Waals surface area contributed by atoms with E-state index in [0.717, 1.165) is 27.0 Å². The third kappa shape index (κ3) is 4.45. The van der Waals surface area contributed by atoms with Crippen LogP contribution in [-0.4, -0.2) is 17.9 Å². The summed E-state index contributed by atoms with van der Waals surface area (Å²) in [5, 5.41) is 0.881. The maximum atomic E-state index is 12.5. The van der Waals surface area contributed by atoms with Crippen molar-refractivity contribution >= 4 is 22.9 Å². The Hall–Kier alpha value is -2.66. The number of ether oxygens (including phenoxy) is 1. The highest BCUT2D eigenvalue weighted by atomic mass is 32.1. The van der Waals surface area contributed by atoms with E-state index < -0.39 is 0 Å². The van der Waals surface area contributed by atoms with E-state index in [0.29, 0.717) is 13.0 Å². The molecule has 0 unspecified atom stereocenters. The van der Waals surface area contributed by atoms with Gasteiger partial charge in [0.05, 0.1) is 12.1 Å². The molecular weight excluding hydrogens is 332 g/mol. The number of carbonyl (C=O) groups is 1. The molecule has 0 saturated carbocycles. The zero-order chi connectivity index (χ0) is 17.6. The second kappa shape index (κ2) is 7.94. The Morgan fingerprint density at radius 1 is 1.08 bits per heavy atom. The monoisotopic (exact) mass is 352 g/mol. The lowest BCUT2D eigenvalue weighted by Gasteiger charge is -2.16. The first kappa shape index (κ1) is 17.2. The summed E-state index contributed by atoms with van der Waals surface area (Å²) in [4.78, 5) is 19.7. The van der Waals surface area contributed by atoms with Gasteiger partial charge in [-0.3, -0.25) is 4.79 Å². The van der Waals surface area contributed by atoms with Crippen LogP contribution in [0.25, 0.3) is 0 Å². The Kier molecular flexibility index (Phi) is 5.46. The molecular formula is C20H20N2O2S. The summed E-state index contributed by atoms with van der Waals surface area (Å²) in [6.45, 7) is 2.35. The molecule has 0 bridgehead atoms. The van der Waals surface area contributed by atoms with Crippen molar-refractivity contribution < 1.29 is 9.53 Å². The van der Waals surface area contributed by atoms with Gasteiger partial charge in [0, 0.05) is 17.6 Å². The Morgan fingerprint density at radius 2 is 1.72 bits per heavy atom. The lowest BCUT2D eigenvalue weighted by atomic mass is 10.2. The highest BCUT2D eigenvalue weighted by Crippen LogP contribution is 2.22. The average Bonchev–Trinajstić information content (AvgIpc) is 3.00. The molecule has 0 saturated heterocycles. The molecule has 1 heterocycles. The molecule has 3 rings (SSSR count). The molecule has 0 atom stereocenters. The second-order valence-corrected chi connectivity index (χ2v) is 6.85. The highest BCUT2D eigenvalue weighted by Gasteiger charge is 2.16. The van der Waals surface area contributed by atoms with E-state index in [1.807, 2.05) is 67.6 Å². The molecule has 128 valence electrons. The predicted octanol–water partition coefficient (Wildman–Crippen LogP) is 4.24. The zero-order valence-electron chi connectivity index (χ0n) is 14.3. The molecule has 0 aliphatic rings. The van der Waals surface area contributed by atoms with Gasteiger partial charge in [0.15, 0.2) is 0 Å². The Morgan fingerprint density at radius 3 is 2.40 bits per heavy atom. The van der Waals surface area contributed by atoms with Crippen molar-refractivity contribution in [3.05, 3.63) is 76.2 Å². The Bertz CT molecular complexity index is 831. The van der Waals surface area contributed by atoms with Crippen LogP contribution in [0.5, 0.6) is 5.75 Å². The minimum atomic E-state index is 0.0495. The van der Waals surface area contributed by atoms with Crippen molar-refractivity contribution in [2.45, 2.75) is 20.0 Å². The van der Waals surface area contributed by atoms with E-state index in [2.05, 4.69) is 4.98 Å². The van der Waals surface area contributed by atoms with Gasteiger partial charge in [0.1, 0.15) is 17.4 Å². The number of aryl methyl sites for hydroxylation is 1. The molecule has 25 heavy (non-hydrogen) atoms. The molecule has 0 spiro atoms. The average molecular weight is 352 g/mol. The van der Waals surface area contributed by atoms with E-state index in [1.165, 1.54) is 11.3 Å². The van der Waals surface area contributed by atoms with Gasteiger partial charge in [-0.15, -0.1) is 11.3 Å². The quantitative estimate of drug-likeness (QED) is 0.666. The van der Waals surface area contributed by atoms with Crippen LogP contribution in [0, 0.1) is 6.92 Å². The van der Waals surface area contributed by atoms with Crippen molar-refractivity contribution in [2.75, 3.05) is 11.9 Å². The van der Waals surface area contributed by atoms with Crippen molar-refractivity contribution in [3.8, 4) is 5.75 Å². The maximum absolute atomic E-state index is 12.5. The number of para-hydroxylation sites is 2. The summed E-state index contributed by atoms with van der Waals surface area (Å²) in [5.74, 6) is 0.866. The lowest BCUT2D eigenvalue weighted by molar-refractivity contribution is -0.117. The summed E-state index contributed by atoms with van der Waals surface area (Å²) in [6, 6.07) is 19.3. The van der Waals surface area contributed by atoms with Gasteiger partial charge >= 0.3 is 0 Å². The maximum Gasteiger partial charge on any atom is 0.232 e. The minimum absolute atomic E-state index is 0.0495. The second-order valence-electron chi connectivity index (χ2n) is 5.68. The molecule has 1 amide bonds. The van der Waals surface area contributed by atoms with E-state index in [9.17, 15) is 4.79 Å². The summed E-state index contributed by atoms with van der Waals surface area (Å²) in [5.41, 5.74) is 1.79. The molecule has 0 aliphatic carbocycles. The van der Waals surface area contributed by atoms with Crippen LogP contribution in [0.15, 0.2) is 60.7 Å². The standard InChI is InChI=1S/C20H20N2O2S/c1-15-18(13-20(23)22(2)16-9-5-3-6-10-16)25-19(21-15)14-24-17-11-7-4-8-12-17/h3-12H,13-14H2,1-2H3. The SMILES string of the molecule is Cc1nc(COc2ccccc2)sc1CC(=O)N(C)c1ccccc1. The van der Waals surface area contributed by atoms with E-state index in [1.54, 1.807) is 11.9 Å². The number of hydrogen-bond donors (Lipinski definition) is 0. The predicted molar refractivity (Wildman–Crippen MR) is 101 cm³/mol. The number of likely N-dealkylation sites (N-methyl/N-ethyl adjacent to an activating group) is 1. The van der Waals surface area contributed by atoms with Crippen LogP contribution in [0.2, 0.25) is 0 Å². The number of carbonyl (C=O) groups excluding carboxylic acids is 1. The van der Waals surface area contributed by atoms with Crippen LogP contribution in [0.3, 0.4) is 0 Å². The molecule has 0 aliphatic heterocycles. The van der Waals surface area contributed by atoms with Crippen molar-refractivity contribution in [3.63, 3.8) is 0 Å². The molecule has 0 radical (unpaired) electrons. The third-order valence-corrected chi connectivity index (χ3v) is 5.00. The first-order valence-electron chi connectivity index (χ1n) is 8.08. The van der Waals surface area contributed by atoms with Crippen molar-refractivity contribution in [2.24, 2.45) is 0 Å². The van der Waals surface area contributed by atoms with Gasteiger partial charge in [-0.25, -0.2) is 4.98 Å². The van der Waals surface area contributed by atoms with Gasteiger partial charge in [-0.1, -0.05) is 36.4 Å². The molecule has 0 fully saturated rings. The minimum Gasteiger partial charge on any atom is -0.486 e. The number of thiazole rings is 1. The number of benzene rings is 2. The molecule has 5 heteroatoms. The van der Waals surface area contributed by atoms with Crippen LogP contribution in [0.4, 0.5) is 5.69 Å². The number of anilines is 1. The smallest absolute Gasteiger partial charge is 0.232 e. The molecule has 2 aromatic carbocycles. The van der Waals surface area contributed by atoms with Crippen LogP contribution in [0.1, 0.15) is 15.6 Å². The van der Waals surface area contributed by atoms with Crippen LogP contribution < -0.4 is 9.64 Å². The topological polar surface area (TPSA) is 42.4 Å². The van der Waals surface area contributed by atoms with Crippen molar-refractivity contribution in [1.82, 2.24) is 4.98 Å². The third-order valence-electron chi connectivity index (χ3n) is 3.87. The van der Waals surface area contributed by atoms with Gasteiger partial charge in [0.25, 0.3) is 0 Å². The van der Waals surface area contributed by atoms with Gasteiger partial charge < -0.3 is 9.64 Å². The summed E-state index contributed by atoms with van der Waals surface area (Å²) in [6.07, 6.45) is 0.347.